The molecule has 1 saturated heterocycles. The van der Waals surface area contributed by atoms with Gasteiger partial charge in [0, 0.05) is 17.6 Å². The molecular weight excluding hydrogens is 390 g/mol. The summed E-state index contributed by atoms with van der Waals surface area (Å²) in [6.07, 6.45) is 3.63. The van der Waals surface area contributed by atoms with Gasteiger partial charge in [-0.1, -0.05) is 32.9 Å². The minimum absolute atomic E-state index is 0.0424. The fourth-order valence-electron chi connectivity index (χ4n) is 3.19. The van der Waals surface area contributed by atoms with Crippen molar-refractivity contribution in [2.24, 2.45) is 0 Å². The number of hydrogen-bond donors (Lipinski definition) is 1. The summed E-state index contributed by atoms with van der Waals surface area (Å²) in [6, 6.07) is 8.93. The molecule has 1 aliphatic heterocycles. The molecule has 1 aromatic heterocycles. The van der Waals surface area contributed by atoms with E-state index in [2.05, 4.69) is 10.4 Å². The molecule has 1 fully saturated rings. The van der Waals surface area contributed by atoms with Gasteiger partial charge in [-0.05, 0) is 30.2 Å². The zero-order chi connectivity index (χ0) is 21.2. The minimum atomic E-state index is -3.07. The van der Waals surface area contributed by atoms with Crippen LogP contribution < -0.4 is 10.1 Å². The van der Waals surface area contributed by atoms with Gasteiger partial charge >= 0.3 is 0 Å². The highest BCUT2D eigenvalue weighted by Gasteiger charge is 2.32. The number of hydrogen-bond acceptors (Lipinski definition) is 5. The highest BCUT2D eigenvalue weighted by atomic mass is 32.2. The van der Waals surface area contributed by atoms with Crippen molar-refractivity contribution in [2.75, 3.05) is 23.9 Å². The largest absolute Gasteiger partial charge is 0.497 e. The van der Waals surface area contributed by atoms with Crippen molar-refractivity contribution in [1.82, 2.24) is 9.78 Å². The summed E-state index contributed by atoms with van der Waals surface area (Å²) in [5, 5.41) is 7.47. The molecule has 1 N–H and O–H groups in total. The SMILES string of the molecule is COc1cccc(/C=C/C(=O)Nc2cc(C(C)(C)C)nn2C2CCS(=O)(=O)C2)c1. The fraction of sp³-hybridized carbons (Fsp3) is 0.429. The molecule has 2 aromatic rings. The summed E-state index contributed by atoms with van der Waals surface area (Å²) in [7, 11) is -1.48. The summed E-state index contributed by atoms with van der Waals surface area (Å²) in [4.78, 5) is 12.5. The number of methoxy groups -OCH3 is 1. The first kappa shape index (κ1) is 21.1. The van der Waals surface area contributed by atoms with E-state index >= 15 is 0 Å². The molecule has 8 heteroatoms. The van der Waals surface area contributed by atoms with Crippen molar-refractivity contribution in [3.63, 3.8) is 0 Å². The lowest BCUT2D eigenvalue weighted by atomic mass is 9.92. The molecule has 1 aliphatic rings. The van der Waals surface area contributed by atoms with Crippen LogP contribution >= 0.6 is 0 Å². The topological polar surface area (TPSA) is 90.3 Å². The van der Waals surface area contributed by atoms with Gasteiger partial charge in [-0.3, -0.25) is 4.79 Å². The molecule has 0 bridgehead atoms. The molecule has 29 heavy (non-hydrogen) atoms. The molecule has 1 unspecified atom stereocenters. The Balaban J connectivity index is 1.82. The number of carbonyl (C=O) groups excluding carboxylic acids is 1. The van der Waals surface area contributed by atoms with Crippen LogP contribution in [0.3, 0.4) is 0 Å². The van der Waals surface area contributed by atoms with E-state index in [1.165, 1.54) is 6.08 Å². The smallest absolute Gasteiger partial charge is 0.249 e. The highest BCUT2D eigenvalue weighted by molar-refractivity contribution is 7.91. The number of amides is 1. The van der Waals surface area contributed by atoms with Crippen molar-refractivity contribution in [1.29, 1.82) is 0 Å². The molecule has 0 spiro atoms. The van der Waals surface area contributed by atoms with Crippen LogP contribution in [-0.2, 0) is 20.0 Å². The summed E-state index contributed by atoms with van der Waals surface area (Å²) in [6.45, 7) is 6.08. The Hall–Kier alpha value is -2.61. The van der Waals surface area contributed by atoms with E-state index in [-0.39, 0.29) is 28.9 Å². The number of benzene rings is 1. The minimum Gasteiger partial charge on any atom is -0.497 e. The van der Waals surface area contributed by atoms with Gasteiger partial charge in [-0.25, -0.2) is 13.1 Å². The number of carbonyl (C=O) groups is 1. The maximum Gasteiger partial charge on any atom is 0.249 e. The van der Waals surface area contributed by atoms with Crippen molar-refractivity contribution in [2.45, 2.75) is 38.6 Å². The van der Waals surface area contributed by atoms with Crippen LogP contribution in [0, 0.1) is 0 Å². The number of nitrogens with zero attached hydrogens (tertiary/aromatic N) is 2. The Morgan fingerprint density at radius 2 is 2.07 bits per heavy atom. The molecule has 2 heterocycles. The summed E-state index contributed by atoms with van der Waals surface area (Å²) < 4.78 is 30.7. The number of anilines is 1. The van der Waals surface area contributed by atoms with Gasteiger partial charge in [-0.2, -0.15) is 5.10 Å². The average Bonchev–Trinajstić information content (AvgIpc) is 3.23. The van der Waals surface area contributed by atoms with Gasteiger partial charge in [0.15, 0.2) is 9.84 Å². The van der Waals surface area contributed by atoms with Crippen LogP contribution in [0.4, 0.5) is 5.82 Å². The standard InChI is InChI=1S/C21H27N3O4S/c1-21(2,3)18-13-19(24(23-18)16-10-11-29(26,27)14-16)22-20(25)9-8-15-6-5-7-17(12-15)28-4/h5-9,12-13,16H,10-11,14H2,1-4H3,(H,22,25)/b9-8+. The number of ether oxygens (including phenoxy) is 1. The van der Waals surface area contributed by atoms with Gasteiger partial charge in [0.25, 0.3) is 0 Å². The Labute approximate surface area is 171 Å². The zero-order valence-corrected chi connectivity index (χ0v) is 18.0. The van der Waals surface area contributed by atoms with Crippen LogP contribution in [0.5, 0.6) is 5.75 Å². The third kappa shape index (κ3) is 5.26. The molecular formula is C21H27N3O4S. The van der Waals surface area contributed by atoms with Crippen molar-refractivity contribution < 1.29 is 17.9 Å². The fourth-order valence-corrected chi connectivity index (χ4v) is 4.88. The molecule has 1 atom stereocenters. The van der Waals surface area contributed by atoms with E-state index in [1.54, 1.807) is 17.9 Å². The van der Waals surface area contributed by atoms with Crippen molar-refractivity contribution >= 4 is 27.6 Å². The van der Waals surface area contributed by atoms with E-state index in [1.807, 2.05) is 51.1 Å². The lowest BCUT2D eigenvalue weighted by Crippen LogP contribution is -2.19. The first-order valence-corrected chi connectivity index (χ1v) is 11.3. The second kappa shape index (κ2) is 8.02. The van der Waals surface area contributed by atoms with E-state index < -0.39 is 9.84 Å². The quantitative estimate of drug-likeness (QED) is 0.755. The van der Waals surface area contributed by atoms with E-state index in [0.717, 1.165) is 11.3 Å². The Morgan fingerprint density at radius 3 is 2.69 bits per heavy atom. The summed E-state index contributed by atoms with van der Waals surface area (Å²) >= 11 is 0. The molecule has 7 nitrogen and oxygen atoms in total. The second-order valence-corrected chi connectivity index (χ2v) is 10.5. The summed E-state index contributed by atoms with van der Waals surface area (Å²) in [5.74, 6) is 1.10. The van der Waals surface area contributed by atoms with Crippen LogP contribution in [0.1, 0.15) is 44.5 Å². The summed E-state index contributed by atoms with van der Waals surface area (Å²) in [5.41, 5.74) is 1.41. The van der Waals surface area contributed by atoms with Crippen LogP contribution in [-0.4, -0.2) is 42.7 Å². The second-order valence-electron chi connectivity index (χ2n) is 8.27. The van der Waals surface area contributed by atoms with Crippen LogP contribution in [0.25, 0.3) is 6.08 Å². The van der Waals surface area contributed by atoms with Gasteiger partial charge in [0.1, 0.15) is 11.6 Å². The van der Waals surface area contributed by atoms with Crippen molar-refractivity contribution in [3.8, 4) is 5.75 Å². The lowest BCUT2D eigenvalue weighted by molar-refractivity contribution is -0.111. The average molecular weight is 418 g/mol. The normalized spacial score (nSPS) is 18.8. The highest BCUT2D eigenvalue weighted by Crippen LogP contribution is 2.30. The maximum absolute atomic E-state index is 12.5. The number of rotatable bonds is 5. The van der Waals surface area contributed by atoms with E-state index in [4.69, 9.17) is 4.74 Å². The number of aromatic nitrogens is 2. The van der Waals surface area contributed by atoms with Crippen molar-refractivity contribution in [3.05, 3.63) is 47.7 Å². The Bertz CT molecular complexity index is 1030. The number of sulfone groups is 1. The van der Waals surface area contributed by atoms with E-state index in [9.17, 15) is 13.2 Å². The maximum atomic E-state index is 12.5. The predicted octanol–water partition coefficient (Wildman–Crippen LogP) is 3.20. The molecule has 3 rings (SSSR count). The van der Waals surface area contributed by atoms with Gasteiger partial charge in [-0.15, -0.1) is 0 Å². The third-order valence-electron chi connectivity index (χ3n) is 4.83. The van der Waals surface area contributed by atoms with Gasteiger partial charge < -0.3 is 10.1 Å². The molecule has 156 valence electrons. The van der Waals surface area contributed by atoms with Gasteiger partial charge in [0.2, 0.25) is 5.91 Å². The first-order chi connectivity index (χ1) is 13.6. The molecule has 1 amide bonds. The Morgan fingerprint density at radius 1 is 1.31 bits per heavy atom. The zero-order valence-electron chi connectivity index (χ0n) is 17.2. The molecule has 0 aliphatic carbocycles. The third-order valence-corrected chi connectivity index (χ3v) is 6.58. The predicted molar refractivity (Wildman–Crippen MR) is 114 cm³/mol. The molecule has 0 saturated carbocycles. The monoisotopic (exact) mass is 417 g/mol. The Kier molecular flexibility index (Phi) is 5.84. The van der Waals surface area contributed by atoms with E-state index in [0.29, 0.717) is 18.0 Å². The molecule has 0 radical (unpaired) electrons. The number of nitrogens with one attached hydrogen (secondary N) is 1. The lowest BCUT2D eigenvalue weighted by Gasteiger charge is -2.15. The molecule has 1 aromatic carbocycles. The van der Waals surface area contributed by atoms with Crippen LogP contribution in [0.2, 0.25) is 0 Å². The van der Waals surface area contributed by atoms with Crippen LogP contribution in [0.15, 0.2) is 36.4 Å². The first-order valence-electron chi connectivity index (χ1n) is 9.51. The van der Waals surface area contributed by atoms with Gasteiger partial charge in [0.05, 0.1) is 30.4 Å².